The van der Waals surface area contributed by atoms with Crippen molar-refractivity contribution < 1.29 is 4.79 Å². The van der Waals surface area contributed by atoms with Crippen LogP contribution in [0.4, 0.5) is 0 Å². The molecule has 0 fully saturated rings. The zero-order chi connectivity index (χ0) is 13.6. The highest BCUT2D eigenvalue weighted by atomic mass is 35.5. The van der Waals surface area contributed by atoms with Gasteiger partial charge >= 0.3 is 0 Å². The van der Waals surface area contributed by atoms with E-state index < -0.39 is 0 Å². The smallest absolute Gasteiger partial charge is 0.220 e. The van der Waals surface area contributed by atoms with Crippen molar-refractivity contribution in [3.8, 4) is 0 Å². The summed E-state index contributed by atoms with van der Waals surface area (Å²) in [4.78, 5) is 11.6. The van der Waals surface area contributed by atoms with Crippen LogP contribution in [0.15, 0.2) is 24.3 Å². The SMILES string of the molecule is CC(C)(CNC(=O)CCCN)c1cccc(Cl)c1.Cl. The highest BCUT2D eigenvalue weighted by Crippen LogP contribution is 2.24. The summed E-state index contributed by atoms with van der Waals surface area (Å²) in [6.45, 7) is 5.31. The first-order valence-electron chi connectivity index (χ1n) is 6.18. The predicted octanol–water partition coefficient (Wildman–Crippen LogP) is 2.89. The summed E-state index contributed by atoms with van der Waals surface area (Å²) in [6, 6.07) is 7.74. The van der Waals surface area contributed by atoms with Crippen molar-refractivity contribution in [2.75, 3.05) is 13.1 Å². The van der Waals surface area contributed by atoms with Gasteiger partial charge in [0.25, 0.3) is 0 Å². The number of rotatable bonds is 6. The van der Waals surface area contributed by atoms with Crippen molar-refractivity contribution >= 4 is 29.9 Å². The molecule has 0 atom stereocenters. The minimum atomic E-state index is -0.136. The molecule has 0 heterocycles. The van der Waals surface area contributed by atoms with Gasteiger partial charge in [-0.15, -0.1) is 12.4 Å². The molecule has 5 heteroatoms. The average molecular weight is 305 g/mol. The summed E-state index contributed by atoms with van der Waals surface area (Å²) in [5.41, 5.74) is 6.36. The van der Waals surface area contributed by atoms with Crippen LogP contribution in [0, 0.1) is 0 Å². The lowest BCUT2D eigenvalue weighted by atomic mass is 9.84. The van der Waals surface area contributed by atoms with E-state index in [1.165, 1.54) is 0 Å². The monoisotopic (exact) mass is 304 g/mol. The lowest BCUT2D eigenvalue weighted by Crippen LogP contribution is -2.36. The molecule has 1 rings (SSSR count). The summed E-state index contributed by atoms with van der Waals surface area (Å²) >= 11 is 5.98. The van der Waals surface area contributed by atoms with Crippen LogP contribution in [0.3, 0.4) is 0 Å². The molecule has 1 aromatic rings. The van der Waals surface area contributed by atoms with Crippen LogP contribution in [0.5, 0.6) is 0 Å². The minimum absolute atomic E-state index is 0. The molecule has 19 heavy (non-hydrogen) atoms. The van der Waals surface area contributed by atoms with E-state index in [9.17, 15) is 4.79 Å². The molecule has 0 radical (unpaired) electrons. The van der Waals surface area contributed by atoms with E-state index in [1.54, 1.807) is 0 Å². The molecule has 0 aliphatic carbocycles. The van der Waals surface area contributed by atoms with Crippen LogP contribution in [0.1, 0.15) is 32.3 Å². The summed E-state index contributed by atoms with van der Waals surface area (Å²) < 4.78 is 0. The molecule has 0 aliphatic heterocycles. The van der Waals surface area contributed by atoms with E-state index in [2.05, 4.69) is 19.2 Å². The van der Waals surface area contributed by atoms with Gasteiger partial charge in [0.2, 0.25) is 5.91 Å². The van der Waals surface area contributed by atoms with Crippen molar-refractivity contribution in [3.05, 3.63) is 34.9 Å². The summed E-state index contributed by atoms with van der Waals surface area (Å²) in [5.74, 6) is 0.0514. The van der Waals surface area contributed by atoms with Gasteiger partial charge in [0.15, 0.2) is 0 Å². The van der Waals surface area contributed by atoms with Crippen LogP contribution in [0.25, 0.3) is 0 Å². The van der Waals surface area contributed by atoms with Gasteiger partial charge in [0.1, 0.15) is 0 Å². The van der Waals surface area contributed by atoms with E-state index in [4.69, 9.17) is 17.3 Å². The van der Waals surface area contributed by atoms with Crippen LogP contribution in [-0.2, 0) is 10.2 Å². The lowest BCUT2D eigenvalue weighted by molar-refractivity contribution is -0.121. The number of carbonyl (C=O) groups is 1. The first kappa shape index (κ1) is 18.2. The second-order valence-electron chi connectivity index (χ2n) is 5.06. The molecule has 0 saturated heterocycles. The predicted molar refractivity (Wildman–Crippen MR) is 83.0 cm³/mol. The maximum Gasteiger partial charge on any atom is 0.220 e. The number of nitrogens with two attached hydrogens (primary N) is 1. The third kappa shape index (κ3) is 6.28. The Kier molecular flexibility index (Phi) is 8.07. The Bertz CT molecular complexity index is 408. The number of nitrogens with one attached hydrogen (secondary N) is 1. The Labute approximate surface area is 126 Å². The van der Waals surface area contributed by atoms with E-state index in [1.807, 2.05) is 24.3 Å². The van der Waals surface area contributed by atoms with Crippen molar-refractivity contribution in [2.24, 2.45) is 5.73 Å². The van der Waals surface area contributed by atoms with Crippen molar-refractivity contribution in [2.45, 2.75) is 32.1 Å². The van der Waals surface area contributed by atoms with Gasteiger partial charge in [-0.3, -0.25) is 4.79 Å². The van der Waals surface area contributed by atoms with Gasteiger partial charge in [0, 0.05) is 23.4 Å². The fourth-order valence-electron chi connectivity index (χ4n) is 1.68. The molecule has 0 spiro atoms. The number of hydrogen-bond donors (Lipinski definition) is 2. The van der Waals surface area contributed by atoms with Gasteiger partial charge in [-0.25, -0.2) is 0 Å². The van der Waals surface area contributed by atoms with Crippen LogP contribution < -0.4 is 11.1 Å². The number of carbonyl (C=O) groups excluding carboxylic acids is 1. The van der Waals surface area contributed by atoms with Gasteiger partial charge in [-0.1, -0.05) is 37.6 Å². The highest BCUT2D eigenvalue weighted by molar-refractivity contribution is 6.30. The molecule has 0 saturated carbocycles. The van der Waals surface area contributed by atoms with Crippen LogP contribution in [0.2, 0.25) is 5.02 Å². The summed E-state index contributed by atoms with van der Waals surface area (Å²) in [5, 5.41) is 3.66. The van der Waals surface area contributed by atoms with Crippen molar-refractivity contribution in [1.29, 1.82) is 0 Å². The van der Waals surface area contributed by atoms with Gasteiger partial charge < -0.3 is 11.1 Å². The fourth-order valence-corrected chi connectivity index (χ4v) is 1.87. The molecule has 3 N–H and O–H groups in total. The topological polar surface area (TPSA) is 55.1 Å². The van der Waals surface area contributed by atoms with E-state index in [0.29, 0.717) is 19.5 Å². The third-order valence-electron chi connectivity index (χ3n) is 2.94. The molecular weight excluding hydrogens is 283 g/mol. The van der Waals surface area contributed by atoms with Crippen molar-refractivity contribution in [3.63, 3.8) is 0 Å². The van der Waals surface area contributed by atoms with Crippen LogP contribution >= 0.6 is 24.0 Å². The third-order valence-corrected chi connectivity index (χ3v) is 3.18. The Morgan fingerprint density at radius 2 is 2.11 bits per heavy atom. The highest BCUT2D eigenvalue weighted by Gasteiger charge is 2.21. The maximum absolute atomic E-state index is 11.6. The number of hydrogen-bond acceptors (Lipinski definition) is 2. The molecular formula is C14H22Cl2N2O. The zero-order valence-electron chi connectivity index (χ0n) is 11.4. The zero-order valence-corrected chi connectivity index (χ0v) is 13.0. The first-order valence-corrected chi connectivity index (χ1v) is 6.56. The molecule has 3 nitrogen and oxygen atoms in total. The largest absolute Gasteiger partial charge is 0.355 e. The summed E-state index contributed by atoms with van der Waals surface area (Å²) in [7, 11) is 0. The number of benzene rings is 1. The number of amides is 1. The van der Waals surface area contributed by atoms with E-state index >= 15 is 0 Å². The van der Waals surface area contributed by atoms with E-state index in [0.717, 1.165) is 17.0 Å². The van der Waals surface area contributed by atoms with Crippen molar-refractivity contribution in [1.82, 2.24) is 5.32 Å². The van der Waals surface area contributed by atoms with E-state index in [-0.39, 0.29) is 23.7 Å². The first-order chi connectivity index (χ1) is 8.45. The number of halogens is 2. The summed E-state index contributed by atoms with van der Waals surface area (Å²) in [6.07, 6.45) is 1.21. The quantitative estimate of drug-likeness (QED) is 0.849. The average Bonchev–Trinajstić information content (AvgIpc) is 2.34. The van der Waals surface area contributed by atoms with Crippen LogP contribution in [-0.4, -0.2) is 19.0 Å². The van der Waals surface area contributed by atoms with Gasteiger partial charge in [-0.2, -0.15) is 0 Å². The molecule has 108 valence electrons. The maximum atomic E-state index is 11.6. The second-order valence-corrected chi connectivity index (χ2v) is 5.50. The molecule has 0 bridgehead atoms. The Balaban J connectivity index is 0.00000324. The van der Waals surface area contributed by atoms with Gasteiger partial charge in [0.05, 0.1) is 0 Å². The standard InChI is InChI=1S/C14H21ClN2O.ClH/c1-14(2,10-17-13(18)7-4-8-16)11-5-3-6-12(15)9-11;/h3,5-6,9H,4,7-8,10,16H2,1-2H3,(H,17,18);1H. The molecule has 0 aromatic heterocycles. The minimum Gasteiger partial charge on any atom is -0.355 e. The molecule has 1 aromatic carbocycles. The van der Waals surface area contributed by atoms with Gasteiger partial charge in [-0.05, 0) is 30.7 Å². The Hall–Kier alpha value is -0.770. The fraction of sp³-hybridized carbons (Fsp3) is 0.500. The lowest BCUT2D eigenvalue weighted by Gasteiger charge is -2.26. The Morgan fingerprint density at radius 1 is 1.42 bits per heavy atom. The second kappa shape index (κ2) is 8.41. The Morgan fingerprint density at radius 3 is 2.68 bits per heavy atom. The molecule has 1 amide bonds. The molecule has 0 aliphatic rings. The normalized spacial score (nSPS) is 10.7. The molecule has 0 unspecified atom stereocenters.